The smallest absolute Gasteiger partial charge is 0.119 e. The molecule has 0 unspecified atom stereocenters. The molecule has 2 aromatic rings. The van der Waals surface area contributed by atoms with Gasteiger partial charge in [-0.25, -0.2) is 0 Å². The van der Waals surface area contributed by atoms with Gasteiger partial charge in [0.05, 0.1) is 13.3 Å². The number of aryl methyl sites for hydroxylation is 1. The number of fused-ring (bicyclic) bond motifs is 2. The van der Waals surface area contributed by atoms with Crippen LogP contribution in [0.4, 0.5) is 0 Å². The number of piperidine rings is 3. The number of likely N-dealkylation sites (tertiary alicyclic amines) is 1. The van der Waals surface area contributed by atoms with E-state index >= 15 is 0 Å². The molecule has 27 heavy (non-hydrogen) atoms. The lowest BCUT2D eigenvalue weighted by molar-refractivity contribution is -0.00870. The zero-order valence-corrected chi connectivity index (χ0v) is 16.4. The van der Waals surface area contributed by atoms with E-state index in [0.29, 0.717) is 18.0 Å². The van der Waals surface area contributed by atoms with Crippen molar-refractivity contribution in [2.24, 2.45) is 5.92 Å². The van der Waals surface area contributed by atoms with Crippen LogP contribution in [-0.4, -0.2) is 58.4 Å². The lowest BCUT2D eigenvalue weighted by Gasteiger charge is -2.51. The molecule has 4 aliphatic rings. The van der Waals surface area contributed by atoms with Gasteiger partial charge in [-0.15, -0.1) is 0 Å². The Labute approximate surface area is 161 Å². The standard InChI is InChI=1S/C22H30N4O/c1-3-26-14-16(12-23-26)13-25-15-20(18-5-4-6-19(11-18)27-2)22-21(25)17-7-9-24(22)10-8-17/h4-6,11-12,14,17,20-22H,3,7-10,13,15H2,1-2H3/t20-,21+,22+/m1/s1. The third kappa shape index (κ3) is 2.97. The highest BCUT2D eigenvalue weighted by molar-refractivity contribution is 5.34. The molecule has 3 atom stereocenters. The molecule has 2 bridgehead atoms. The molecule has 0 saturated carbocycles. The van der Waals surface area contributed by atoms with Gasteiger partial charge in [0.25, 0.3) is 0 Å². The highest BCUT2D eigenvalue weighted by Crippen LogP contribution is 2.47. The average molecular weight is 367 g/mol. The number of hydrogen-bond donors (Lipinski definition) is 0. The minimum Gasteiger partial charge on any atom is -0.497 e. The maximum Gasteiger partial charge on any atom is 0.119 e. The van der Waals surface area contributed by atoms with Crippen molar-refractivity contribution in [1.29, 1.82) is 0 Å². The molecule has 6 rings (SSSR count). The average Bonchev–Trinajstić information content (AvgIpc) is 3.35. The van der Waals surface area contributed by atoms with Crippen LogP contribution in [0.2, 0.25) is 0 Å². The highest BCUT2D eigenvalue weighted by atomic mass is 16.5. The molecule has 5 nitrogen and oxygen atoms in total. The molecule has 144 valence electrons. The molecule has 1 aromatic heterocycles. The topological polar surface area (TPSA) is 33.5 Å². The molecule has 0 spiro atoms. The van der Waals surface area contributed by atoms with Crippen LogP contribution in [0.3, 0.4) is 0 Å². The number of ether oxygens (including phenoxy) is 1. The van der Waals surface area contributed by atoms with E-state index in [0.717, 1.165) is 31.3 Å². The number of rotatable bonds is 5. The summed E-state index contributed by atoms with van der Waals surface area (Å²) in [5.41, 5.74) is 2.78. The Morgan fingerprint density at radius 1 is 1.19 bits per heavy atom. The van der Waals surface area contributed by atoms with E-state index in [1.807, 2.05) is 4.68 Å². The van der Waals surface area contributed by atoms with Gasteiger partial charge < -0.3 is 4.74 Å². The predicted molar refractivity (Wildman–Crippen MR) is 106 cm³/mol. The first kappa shape index (κ1) is 17.3. The Bertz CT molecular complexity index is 795. The Morgan fingerprint density at radius 2 is 2.04 bits per heavy atom. The van der Waals surface area contributed by atoms with Crippen LogP contribution in [0, 0.1) is 5.92 Å². The van der Waals surface area contributed by atoms with Crippen molar-refractivity contribution in [2.75, 3.05) is 26.7 Å². The fourth-order valence-corrected chi connectivity index (χ4v) is 5.78. The Kier molecular flexibility index (Phi) is 4.44. The number of hydrogen-bond acceptors (Lipinski definition) is 4. The lowest BCUT2D eigenvalue weighted by Crippen LogP contribution is -2.59. The van der Waals surface area contributed by atoms with Crippen LogP contribution < -0.4 is 4.74 Å². The number of benzene rings is 1. The van der Waals surface area contributed by atoms with Crippen LogP contribution in [0.1, 0.15) is 36.8 Å². The molecule has 5 heteroatoms. The van der Waals surface area contributed by atoms with Crippen molar-refractivity contribution in [3.05, 3.63) is 47.8 Å². The zero-order valence-electron chi connectivity index (χ0n) is 16.4. The summed E-state index contributed by atoms with van der Waals surface area (Å²) in [4.78, 5) is 5.52. The van der Waals surface area contributed by atoms with Crippen molar-refractivity contribution in [2.45, 2.75) is 50.9 Å². The summed E-state index contributed by atoms with van der Waals surface area (Å²) >= 11 is 0. The van der Waals surface area contributed by atoms with Crippen LogP contribution in [-0.2, 0) is 13.1 Å². The molecule has 0 N–H and O–H groups in total. The van der Waals surface area contributed by atoms with Crippen molar-refractivity contribution < 1.29 is 4.74 Å². The molecule has 0 amide bonds. The van der Waals surface area contributed by atoms with E-state index in [1.54, 1.807) is 7.11 Å². The minimum atomic E-state index is 0.564. The van der Waals surface area contributed by atoms with Crippen LogP contribution in [0.15, 0.2) is 36.7 Å². The molecule has 0 aliphatic carbocycles. The summed E-state index contributed by atoms with van der Waals surface area (Å²) in [6.45, 7) is 7.78. The lowest BCUT2D eigenvalue weighted by atomic mass is 9.75. The van der Waals surface area contributed by atoms with Crippen LogP contribution in [0.5, 0.6) is 5.75 Å². The Morgan fingerprint density at radius 3 is 2.78 bits per heavy atom. The summed E-state index contributed by atoms with van der Waals surface area (Å²) in [7, 11) is 1.76. The molecule has 4 fully saturated rings. The van der Waals surface area contributed by atoms with E-state index in [4.69, 9.17) is 4.74 Å². The first-order valence-electron chi connectivity index (χ1n) is 10.4. The predicted octanol–water partition coefficient (Wildman–Crippen LogP) is 2.97. The van der Waals surface area contributed by atoms with E-state index in [2.05, 4.69) is 58.5 Å². The van der Waals surface area contributed by atoms with Gasteiger partial charge in [0, 0.05) is 49.4 Å². The number of aromatic nitrogens is 2. The molecule has 5 heterocycles. The van der Waals surface area contributed by atoms with Crippen molar-refractivity contribution in [3.8, 4) is 5.75 Å². The summed E-state index contributed by atoms with van der Waals surface area (Å²) in [6, 6.07) is 10.1. The third-order valence-corrected chi connectivity index (χ3v) is 7.01. The third-order valence-electron chi connectivity index (χ3n) is 7.01. The van der Waals surface area contributed by atoms with Crippen LogP contribution in [0.25, 0.3) is 0 Å². The maximum absolute atomic E-state index is 5.51. The summed E-state index contributed by atoms with van der Waals surface area (Å²) in [6.07, 6.45) is 6.99. The second-order valence-corrected chi connectivity index (χ2v) is 8.37. The molecule has 0 radical (unpaired) electrons. The Balaban J connectivity index is 1.46. The SMILES string of the molecule is CCn1cc(CN2C[C@H](c3cccc(OC)c3)[C@H]3[C@@H]2C2CCN3CC2)cn1. The summed E-state index contributed by atoms with van der Waals surface area (Å²) in [5.74, 6) is 2.38. The monoisotopic (exact) mass is 366 g/mol. The summed E-state index contributed by atoms with van der Waals surface area (Å²) in [5, 5.41) is 4.49. The van der Waals surface area contributed by atoms with Gasteiger partial charge in [-0.05, 0) is 56.5 Å². The molecule has 4 aliphatic heterocycles. The minimum absolute atomic E-state index is 0.564. The largest absolute Gasteiger partial charge is 0.497 e. The van der Waals surface area contributed by atoms with Crippen LogP contribution >= 0.6 is 0 Å². The van der Waals surface area contributed by atoms with Gasteiger partial charge in [0.15, 0.2) is 0 Å². The van der Waals surface area contributed by atoms with Crippen molar-refractivity contribution >= 4 is 0 Å². The van der Waals surface area contributed by atoms with Gasteiger partial charge >= 0.3 is 0 Å². The van der Waals surface area contributed by atoms with Gasteiger partial charge in [-0.2, -0.15) is 5.10 Å². The number of nitrogens with zero attached hydrogens (tertiary/aromatic N) is 4. The second-order valence-electron chi connectivity index (χ2n) is 8.37. The van der Waals surface area contributed by atoms with E-state index < -0.39 is 0 Å². The fourth-order valence-electron chi connectivity index (χ4n) is 5.78. The van der Waals surface area contributed by atoms with Gasteiger partial charge in [-0.3, -0.25) is 14.5 Å². The van der Waals surface area contributed by atoms with E-state index in [1.165, 1.54) is 37.1 Å². The molecular weight excluding hydrogens is 336 g/mol. The van der Waals surface area contributed by atoms with E-state index in [9.17, 15) is 0 Å². The molecule has 1 aromatic carbocycles. The number of methoxy groups -OCH3 is 1. The van der Waals surface area contributed by atoms with Gasteiger partial charge in [0.2, 0.25) is 0 Å². The molecular formula is C22H30N4O. The van der Waals surface area contributed by atoms with E-state index in [-0.39, 0.29) is 0 Å². The van der Waals surface area contributed by atoms with Gasteiger partial charge in [-0.1, -0.05) is 12.1 Å². The summed E-state index contributed by atoms with van der Waals surface area (Å²) < 4.78 is 7.55. The van der Waals surface area contributed by atoms with Crippen molar-refractivity contribution in [1.82, 2.24) is 19.6 Å². The maximum atomic E-state index is 5.51. The van der Waals surface area contributed by atoms with Gasteiger partial charge in [0.1, 0.15) is 5.75 Å². The first-order valence-corrected chi connectivity index (χ1v) is 10.4. The molecule has 4 saturated heterocycles. The second kappa shape index (κ2) is 6.95. The first-order chi connectivity index (χ1) is 13.3. The Hall–Kier alpha value is -1.85. The zero-order chi connectivity index (χ0) is 18.4. The van der Waals surface area contributed by atoms with Crippen molar-refractivity contribution in [3.63, 3.8) is 0 Å². The normalized spacial score (nSPS) is 32.6. The highest BCUT2D eigenvalue weighted by Gasteiger charge is 2.53. The fraction of sp³-hybridized carbons (Fsp3) is 0.591. The quantitative estimate of drug-likeness (QED) is 0.815.